The van der Waals surface area contributed by atoms with E-state index in [1.807, 2.05) is 6.07 Å². The Labute approximate surface area is 129 Å². The summed E-state index contributed by atoms with van der Waals surface area (Å²) in [4.78, 5) is 26.6. The molecule has 0 spiro atoms. The summed E-state index contributed by atoms with van der Waals surface area (Å²) in [6, 6.07) is 7.07. The highest BCUT2D eigenvalue weighted by atomic mass is 79.9. The van der Waals surface area contributed by atoms with E-state index in [1.165, 1.54) is 4.90 Å². The van der Waals surface area contributed by atoms with Gasteiger partial charge < -0.3 is 9.84 Å². The molecule has 2 saturated heterocycles. The number of fused-ring (bicyclic) bond motifs is 5. The number of carbonyl (C=O) groups excluding carboxylic acids is 2. The van der Waals surface area contributed by atoms with Crippen molar-refractivity contribution in [1.29, 1.82) is 0 Å². The zero-order valence-electron chi connectivity index (χ0n) is 10.9. The van der Waals surface area contributed by atoms with E-state index in [0.29, 0.717) is 5.69 Å². The number of aliphatic hydroxyl groups excluding tert-OH is 1. The van der Waals surface area contributed by atoms with Crippen LogP contribution in [0.1, 0.15) is 0 Å². The highest BCUT2D eigenvalue weighted by Gasteiger charge is 2.67. The SMILES string of the molecule is O=C1[C@@H]2[C@H]3C=C[C@@](CO)(O3)[C@H]2C(=O)N1c1cccc(Br)c1. The molecule has 2 amide bonds. The lowest BCUT2D eigenvalue weighted by molar-refractivity contribution is -0.128. The summed E-state index contributed by atoms with van der Waals surface area (Å²) in [7, 11) is 0. The Morgan fingerprint density at radius 3 is 2.86 bits per heavy atom. The molecule has 1 N–H and O–H groups in total. The summed E-state index contributed by atoms with van der Waals surface area (Å²) in [5.74, 6) is -1.73. The molecule has 1 aromatic rings. The second-order valence-corrected chi connectivity index (χ2v) is 6.47. The molecule has 21 heavy (non-hydrogen) atoms. The number of hydrogen-bond donors (Lipinski definition) is 1. The number of aliphatic hydroxyl groups is 1. The molecule has 2 bridgehead atoms. The number of benzene rings is 1. The van der Waals surface area contributed by atoms with E-state index in [2.05, 4.69) is 15.9 Å². The van der Waals surface area contributed by atoms with Gasteiger partial charge in [0.15, 0.2) is 0 Å². The first-order valence-corrected chi connectivity index (χ1v) is 7.48. The average Bonchev–Trinajstić information content (AvgIpc) is 3.10. The van der Waals surface area contributed by atoms with Crippen LogP contribution in [-0.2, 0) is 14.3 Å². The number of hydrogen-bond acceptors (Lipinski definition) is 4. The minimum atomic E-state index is -1.04. The van der Waals surface area contributed by atoms with Crippen LogP contribution in [0, 0.1) is 11.8 Å². The van der Waals surface area contributed by atoms with Gasteiger partial charge in [0.05, 0.1) is 30.2 Å². The van der Waals surface area contributed by atoms with Crippen LogP contribution in [-0.4, -0.2) is 35.2 Å². The molecule has 0 radical (unpaired) electrons. The quantitative estimate of drug-likeness (QED) is 0.644. The fourth-order valence-electron chi connectivity index (χ4n) is 3.55. The molecule has 3 heterocycles. The summed E-state index contributed by atoms with van der Waals surface area (Å²) in [6.45, 7) is -0.299. The van der Waals surface area contributed by atoms with Gasteiger partial charge in [-0.1, -0.05) is 34.1 Å². The third kappa shape index (κ3) is 1.58. The van der Waals surface area contributed by atoms with Crippen molar-refractivity contribution in [3.8, 4) is 0 Å². The molecule has 1 aromatic carbocycles. The summed E-state index contributed by atoms with van der Waals surface area (Å²) < 4.78 is 6.48. The maximum absolute atomic E-state index is 12.7. The second-order valence-electron chi connectivity index (χ2n) is 5.55. The van der Waals surface area contributed by atoms with Crippen molar-refractivity contribution < 1.29 is 19.4 Å². The monoisotopic (exact) mass is 349 g/mol. The predicted molar refractivity (Wildman–Crippen MR) is 77.4 cm³/mol. The highest BCUT2D eigenvalue weighted by molar-refractivity contribution is 9.10. The van der Waals surface area contributed by atoms with Crippen LogP contribution in [0.4, 0.5) is 5.69 Å². The van der Waals surface area contributed by atoms with E-state index in [-0.39, 0.29) is 18.4 Å². The first-order valence-electron chi connectivity index (χ1n) is 6.69. The van der Waals surface area contributed by atoms with E-state index >= 15 is 0 Å². The lowest BCUT2D eigenvalue weighted by atomic mass is 9.77. The van der Waals surface area contributed by atoms with Gasteiger partial charge in [-0.3, -0.25) is 9.59 Å². The Bertz CT molecular complexity index is 688. The van der Waals surface area contributed by atoms with Crippen LogP contribution in [0.3, 0.4) is 0 Å². The van der Waals surface area contributed by atoms with E-state index in [4.69, 9.17) is 4.74 Å². The maximum atomic E-state index is 12.7. The van der Waals surface area contributed by atoms with Gasteiger partial charge in [-0.15, -0.1) is 0 Å². The van der Waals surface area contributed by atoms with Gasteiger partial charge in [-0.05, 0) is 18.2 Å². The molecule has 6 heteroatoms. The summed E-state index contributed by atoms with van der Waals surface area (Å²) in [5, 5.41) is 9.63. The van der Waals surface area contributed by atoms with Gasteiger partial charge in [0, 0.05) is 4.47 Å². The summed E-state index contributed by atoms with van der Waals surface area (Å²) >= 11 is 3.34. The molecule has 3 aliphatic rings. The molecular weight excluding hydrogens is 338 g/mol. The van der Waals surface area contributed by atoms with Crippen molar-refractivity contribution in [2.24, 2.45) is 11.8 Å². The van der Waals surface area contributed by atoms with E-state index < -0.39 is 23.5 Å². The lowest BCUT2D eigenvalue weighted by Crippen LogP contribution is -2.43. The Kier molecular flexibility index (Phi) is 2.67. The topological polar surface area (TPSA) is 66.8 Å². The van der Waals surface area contributed by atoms with Crippen LogP contribution in [0.2, 0.25) is 0 Å². The molecule has 0 unspecified atom stereocenters. The number of ether oxygens (including phenoxy) is 1. The van der Waals surface area contributed by atoms with Gasteiger partial charge in [-0.25, -0.2) is 4.90 Å². The van der Waals surface area contributed by atoms with Gasteiger partial charge in [0.1, 0.15) is 5.60 Å². The van der Waals surface area contributed by atoms with E-state index in [1.54, 1.807) is 30.4 Å². The molecule has 0 aliphatic carbocycles. The van der Waals surface area contributed by atoms with Gasteiger partial charge in [0.2, 0.25) is 11.8 Å². The second kappa shape index (κ2) is 4.25. The molecule has 0 aromatic heterocycles. The number of rotatable bonds is 2. The minimum Gasteiger partial charge on any atom is -0.393 e. The largest absolute Gasteiger partial charge is 0.393 e. The Balaban J connectivity index is 1.79. The van der Waals surface area contributed by atoms with Crippen molar-refractivity contribution in [3.05, 3.63) is 40.9 Å². The normalized spacial score (nSPS) is 36.7. The number of anilines is 1. The number of amides is 2. The first-order chi connectivity index (χ1) is 10.1. The third-order valence-electron chi connectivity index (χ3n) is 4.47. The standard InChI is InChI=1S/C15H12BrNO4/c16-8-2-1-3-9(6-8)17-13(19)11-10-4-5-15(7-18,21-10)12(11)14(17)20/h1-6,10-12,18H,7H2/t10-,11-,12-,15+/m1/s1. The zero-order chi connectivity index (χ0) is 14.8. The van der Waals surface area contributed by atoms with Gasteiger partial charge in [-0.2, -0.15) is 0 Å². The van der Waals surface area contributed by atoms with Crippen molar-refractivity contribution >= 4 is 33.4 Å². The number of nitrogens with zero attached hydrogens (tertiary/aromatic N) is 1. The van der Waals surface area contributed by atoms with Crippen molar-refractivity contribution in [2.75, 3.05) is 11.5 Å². The lowest BCUT2D eigenvalue weighted by Gasteiger charge is -2.26. The first kappa shape index (κ1) is 13.2. The van der Waals surface area contributed by atoms with E-state index in [0.717, 1.165) is 4.47 Å². The van der Waals surface area contributed by atoms with Gasteiger partial charge >= 0.3 is 0 Å². The maximum Gasteiger partial charge on any atom is 0.241 e. The van der Waals surface area contributed by atoms with Crippen LogP contribution in [0.5, 0.6) is 0 Å². The van der Waals surface area contributed by atoms with Crippen LogP contribution < -0.4 is 4.90 Å². The summed E-state index contributed by atoms with van der Waals surface area (Å²) in [5.41, 5.74) is -0.496. The molecule has 3 aliphatic heterocycles. The molecular formula is C15H12BrNO4. The molecule has 4 rings (SSSR count). The Morgan fingerprint density at radius 1 is 1.33 bits per heavy atom. The third-order valence-corrected chi connectivity index (χ3v) is 4.96. The number of imide groups is 1. The Morgan fingerprint density at radius 2 is 2.14 bits per heavy atom. The van der Waals surface area contributed by atoms with Crippen molar-refractivity contribution in [3.63, 3.8) is 0 Å². The Hall–Kier alpha value is -1.50. The van der Waals surface area contributed by atoms with Crippen LogP contribution >= 0.6 is 15.9 Å². The van der Waals surface area contributed by atoms with Crippen LogP contribution in [0.15, 0.2) is 40.9 Å². The number of halogens is 1. The molecule has 5 nitrogen and oxygen atoms in total. The summed E-state index contributed by atoms with van der Waals surface area (Å²) in [6.07, 6.45) is 3.07. The fourth-order valence-corrected chi connectivity index (χ4v) is 3.94. The number of carbonyl (C=O) groups is 2. The fraction of sp³-hybridized carbons (Fsp3) is 0.333. The predicted octanol–water partition coefficient (Wildman–Crippen LogP) is 1.25. The molecule has 108 valence electrons. The molecule has 0 saturated carbocycles. The van der Waals surface area contributed by atoms with Crippen molar-refractivity contribution in [2.45, 2.75) is 11.7 Å². The van der Waals surface area contributed by atoms with Gasteiger partial charge in [0.25, 0.3) is 0 Å². The van der Waals surface area contributed by atoms with Crippen molar-refractivity contribution in [1.82, 2.24) is 0 Å². The average molecular weight is 350 g/mol. The molecule has 4 atom stereocenters. The zero-order valence-corrected chi connectivity index (χ0v) is 12.5. The van der Waals surface area contributed by atoms with E-state index in [9.17, 15) is 14.7 Å². The minimum absolute atomic E-state index is 0.257. The van der Waals surface area contributed by atoms with Crippen LogP contribution in [0.25, 0.3) is 0 Å². The smallest absolute Gasteiger partial charge is 0.241 e. The molecule has 2 fully saturated rings. The highest BCUT2D eigenvalue weighted by Crippen LogP contribution is 2.52.